The lowest BCUT2D eigenvalue weighted by molar-refractivity contribution is 0.889. The van der Waals surface area contributed by atoms with Gasteiger partial charge in [0.15, 0.2) is 5.84 Å². The van der Waals surface area contributed by atoms with Crippen molar-refractivity contribution in [3.63, 3.8) is 0 Å². The van der Waals surface area contributed by atoms with Crippen molar-refractivity contribution in [3.8, 4) is 5.69 Å². The van der Waals surface area contributed by atoms with Crippen LogP contribution < -0.4 is 5.32 Å². The third kappa shape index (κ3) is 3.17. The summed E-state index contributed by atoms with van der Waals surface area (Å²) in [5, 5.41) is 8.71. The molecular weight excluding hydrogens is 549 g/mol. The standard InChI is InChI=1S/C36H24N6S/c1-4-13-24-21(10-1)33(35-37-18-9-19-38-35)40-36(39-24)42-26-15-6-2-11-22(26)31-28(42)20-30-34-32(31)23-12-3-5-14-25(23)41(34)27-16-7-8-17-29(27)43-30/h1-8,10-18,20,33H,9,19H2,(H,39,40). The Morgan fingerprint density at radius 1 is 0.721 bits per heavy atom. The van der Waals surface area contributed by atoms with E-state index in [2.05, 4.69) is 118 Å². The zero-order chi connectivity index (χ0) is 28.1. The number of amidine groups is 1. The second-order valence-electron chi connectivity index (χ2n) is 11.2. The minimum atomic E-state index is -0.273. The topological polar surface area (TPSA) is 59.0 Å². The number of hydrogen-bond donors (Lipinski definition) is 1. The van der Waals surface area contributed by atoms with Crippen LogP contribution in [0.5, 0.6) is 0 Å². The zero-order valence-electron chi connectivity index (χ0n) is 23.0. The number of aromatic nitrogens is 2. The first-order chi connectivity index (χ1) is 21.3. The lowest BCUT2D eigenvalue weighted by atomic mass is 10.0. The van der Waals surface area contributed by atoms with E-state index in [1.807, 2.05) is 18.0 Å². The quantitative estimate of drug-likeness (QED) is 0.214. The summed E-state index contributed by atoms with van der Waals surface area (Å²) in [5.74, 6) is 1.56. The van der Waals surface area contributed by atoms with Crippen LogP contribution in [0.3, 0.4) is 0 Å². The molecule has 3 aliphatic heterocycles. The smallest absolute Gasteiger partial charge is 0.208 e. The zero-order valence-corrected chi connectivity index (χ0v) is 23.8. The predicted octanol–water partition coefficient (Wildman–Crippen LogP) is 8.60. The van der Waals surface area contributed by atoms with Gasteiger partial charge >= 0.3 is 0 Å². The number of rotatable bonds is 1. The summed E-state index contributed by atoms with van der Waals surface area (Å²) in [7, 11) is 0. The van der Waals surface area contributed by atoms with E-state index in [1.54, 1.807) is 0 Å². The molecule has 7 aromatic rings. The van der Waals surface area contributed by atoms with Gasteiger partial charge in [-0.3, -0.25) is 9.56 Å². The molecule has 0 radical (unpaired) electrons. The summed E-state index contributed by atoms with van der Waals surface area (Å²) in [5.41, 5.74) is 8.12. The molecule has 7 heteroatoms. The van der Waals surface area contributed by atoms with Crippen molar-refractivity contribution in [2.45, 2.75) is 22.3 Å². The molecule has 0 saturated heterocycles. The Kier molecular flexibility index (Phi) is 4.73. The summed E-state index contributed by atoms with van der Waals surface area (Å²) in [4.78, 5) is 17.4. The second-order valence-corrected chi connectivity index (χ2v) is 12.3. The summed E-state index contributed by atoms with van der Waals surface area (Å²) < 4.78 is 4.77. The molecule has 204 valence electrons. The molecule has 0 fully saturated rings. The summed E-state index contributed by atoms with van der Waals surface area (Å²) in [6, 6.07) is 36.7. The Bertz CT molecular complexity index is 2420. The molecule has 1 unspecified atom stereocenters. The van der Waals surface area contributed by atoms with Gasteiger partial charge < -0.3 is 9.88 Å². The van der Waals surface area contributed by atoms with Crippen LogP contribution in [0.25, 0.3) is 49.3 Å². The number of para-hydroxylation sites is 4. The summed E-state index contributed by atoms with van der Waals surface area (Å²) in [6.45, 7) is 0.745. The number of benzene rings is 5. The highest BCUT2D eigenvalue weighted by molar-refractivity contribution is 7.99. The van der Waals surface area contributed by atoms with E-state index in [9.17, 15) is 0 Å². The van der Waals surface area contributed by atoms with Crippen molar-refractivity contribution in [1.29, 1.82) is 0 Å². The molecule has 0 bridgehead atoms. The van der Waals surface area contributed by atoms with Crippen LogP contribution in [0.2, 0.25) is 0 Å². The van der Waals surface area contributed by atoms with E-state index in [1.165, 1.54) is 48.1 Å². The molecule has 5 aromatic carbocycles. The first-order valence-corrected chi connectivity index (χ1v) is 15.4. The minimum Gasteiger partial charge on any atom is -0.325 e. The van der Waals surface area contributed by atoms with Crippen LogP contribution >= 0.6 is 11.8 Å². The first-order valence-electron chi connectivity index (χ1n) is 14.6. The van der Waals surface area contributed by atoms with E-state index in [4.69, 9.17) is 15.0 Å². The fourth-order valence-corrected chi connectivity index (χ4v) is 8.19. The molecule has 0 saturated carbocycles. The molecule has 3 aliphatic rings. The molecule has 43 heavy (non-hydrogen) atoms. The van der Waals surface area contributed by atoms with Gasteiger partial charge in [0.1, 0.15) is 6.04 Å². The van der Waals surface area contributed by atoms with E-state index in [-0.39, 0.29) is 6.04 Å². The lowest BCUT2D eigenvalue weighted by Crippen LogP contribution is -2.29. The maximum atomic E-state index is 5.35. The molecule has 1 N–H and O–H groups in total. The number of aliphatic imine (C=N–C) groups is 3. The van der Waals surface area contributed by atoms with Crippen molar-refractivity contribution >= 4 is 79.1 Å². The van der Waals surface area contributed by atoms with Gasteiger partial charge in [0.25, 0.3) is 0 Å². The average Bonchev–Trinajstić information content (AvgIpc) is 3.59. The highest BCUT2D eigenvalue weighted by Gasteiger charge is 2.31. The van der Waals surface area contributed by atoms with E-state index in [0.29, 0.717) is 0 Å². The van der Waals surface area contributed by atoms with Gasteiger partial charge in [-0.2, -0.15) is 0 Å². The summed E-state index contributed by atoms with van der Waals surface area (Å²) in [6.07, 6.45) is 2.84. The molecule has 0 spiro atoms. The van der Waals surface area contributed by atoms with Gasteiger partial charge in [-0.15, -0.1) is 0 Å². The second kappa shape index (κ2) is 8.69. The van der Waals surface area contributed by atoms with Gasteiger partial charge in [0.2, 0.25) is 5.96 Å². The van der Waals surface area contributed by atoms with Crippen molar-refractivity contribution in [2.24, 2.45) is 15.0 Å². The Labute approximate surface area is 251 Å². The number of anilines is 1. The largest absolute Gasteiger partial charge is 0.325 e. The monoisotopic (exact) mass is 572 g/mol. The number of nitrogens with one attached hydrogen (secondary N) is 1. The van der Waals surface area contributed by atoms with Gasteiger partial charge in [0, 0.05) is 61.8 Å². The number of fused-ring (bicyclic) bond motifs is 10. The molecule has 0 aliphatic carbocycles. The highest BCUT2D eigenvalue weighted by Crippen LogP contribution is 2.51. The van der Waals surface area contributed by atoms with Crippen LogP contribution in [0, 0.1) is 0 Å². The van der Waals surface area contributed by atoms with E-state index >= 15 is 0 Å². The molecule has 0 amide bonds. The van der Waals surface area contributed by atoms with Crippen LogP contribution in [-0.4, -0.2) is 33.7 Å². The van der Waals surface area contributed by atoms with Crippen molar-refractivity contribution in [1.82, 2.24) is 9.13 Å². The molecule has 10 rings (SSSR count). The fraction of sp³-hybridized carbons (Fsp3) is 0.0833. The Morgan fingerprint density at radius 2 is 1.47 bits per heavy atom. The van der Waals surface area contributed by atoms with Gasteiger partial charge in [-0.25, -0.2) is 9.98 Å². The normalized spacial score (nSPS) is 17.2. The predicted molar refractivity (Wildman–Crippen MR) is 179 cm³/mol. The van der Waals surface area contributed by atoms with Gasteiger partial charge in [0.05, 0.1) is 27.8 Å². The maximum absolute atomic E-state index is 5.35. The van der Waals surface area contributed by atoms with E-state index < -0.39 is 0 Å². The molecule has 1 atom stereocenters. The Hall–Kier alpha value is -5.14. The Morgan fingerprint density at radius 3 is 2.33 bits per heavy atom. The maximum Gasteiger partial charge on any atom is 0.208 e. The first kappa shape index (κ1) is 23.4. The van der Waals surface area contributed by atoms with Crippen molar-refractivity contribution in [3.05, 3.63) is 109 Å². The average molecular weight is 573 g/mol. The lowest BCUT2D eigenvalue weighted by Gasteiger charge is -2.26. The van der Waals surface area contributed by atoms with Gasteiger partial charge in [-0.1, -0.05) is 78.5 Å². The summed E-state index contributed by atoms with van der Waals surface area (Å²) >= 11 is 1.85. The van der Waals surface area contributed by atoms with Crippen LogP contribution in [-0.2, 0) is 0 Å². The highest BCUT2D eigenvalue weighted by atomic mass is 32.2. The van der Waals surface area contributed by atoms with Crippen LogP contribution in [0.1, 0.15) is 18.0 Å². The van der Waals surface area contributed by atoms with Crippen LogP contribution in [0.4, 0.5) is 5.69 Å². The van der Waals surface area contributed by atoms with Crippen molar-refractivity contribution in [2.75, 3.05) is 11.9 Å². The minimum absolute atomic E-state index is 0.273. The van der Waals surface area contributed by atoms with Crippen LogP contribution in [0.15, 0.2) is 128 Å². The molecular formula is C36H24N6S. The molecule has 6 nitrogen and oxygen atoms in total. The van der Waals surface area contributed by atoms with E-state index in [0.717, 1.165) is 47.0 Å². The third-order valence-electron chi connectivity index (χ3n) is 8.83. The Balaban J connectivity index is 1.34. The number of nitrogens with zero attached hydrogens (tertiary/aromatic N) is 5. The number of hydrogen-bond acceptors (Lipinski definition) is 5. The fourth-order valence-electron chi connectivity index (χ4n) is 7.08. The van der Waals surface area contributed by atoms with Gasteiger partial charge in [-0.05, 0) is 36.4 Å². The van der Waals surface area contributed by atoms with Crippen molar-refractivity contribution < 1.29 is 0 Å². The third-order valence-corrected chi connectivity index (χ3v) is 9.92. The molecule has 2 aromatic heterocycles. The SMILES string of the molecule is C1=NC(C2N=C(n3c4ccccc4c4c5c6ccccc6n6c5c(cc43)Sc3ccccc3-6)Nc3ccccc32)=NCC1. The molecule has 5 heterocycles.